The minimum absolute atomic E-state index is 0. The molecule has 0 aromatic heterocycles. The zero-order valence-corrected chi connectivity index (χ0v) is 22.3. The van der Waals surface area contributed by atoms with E-state index in [9.17, 15) is 0 Å². The first-order chi connectivity index (χ1) is 15.2. The van der Waals surface area contributed by atoms with Crippen LogP contribution in [-0.4, -0.2) is 87.5 Å². The minimum atomic E-state index is 0. The molecule has 1 unspecified atom stereocenters. The molecule has 2 N–H and O–H groups in total. The Morgan fingerprint density at radius 2 is 1.66 bits per heavy atom. The molecule has 182 valence electrons. The van der Waals surface area contributed by atoms with E-state index in [0.717, 1.165) is 78.2 Å². The van der Waals surface area contributed by atoms with Crippen LogP contribution in [0.3, 0.4) is 0 Å². The Morgan fingerprint density at radius 1 is 1.00 bits per heavy atom. The minimum Gasteiger partial charge on any atom is -0.379 e. The second-order valence-corrected chi connectivity index (χ2v) is 8.74. The Labute approximate surface area is 211 Å². The molecule has 7 nitrogen and oxygen atoms in total. The molecule has 3 rings (SSSR count). The van der Waals surface area contributed by atoms with Crippen molar-refractivity contribution in [1.29, 1.82) is 0 Å². The summed E-state index contributed by atoms with van der Waals surface area (Å²) < 4.78 is 11.0. The summed E-state index contributed by atoms with van der Waals surface area (Å²) in [6.07, 6.45) is 0. The molecule has 0 aliphatic carbocycles. The second kappa shape index (κ2) is 15.1. The molecule has 0 spiro atoms. The summed E-state index contributed by atoms with van der Waals surface area (Å²) in [5.41, 5.74) is 2.59. The highest BCUT2D eigenvalue weighted by atomic mass is 127. The maximum atomic E-state index is 5.53. The fraction of sp³-hybridized carbons (Fsp3) is 0.708. The number of aliphatic imine (C=N–C) groups is 1. The van der Waals surface area contributed by atoms with Crippen LogP contribution in [0.5, 0.6) is 0 Å². The van der Waals surface area contributed by atoms with Crippen molar-refractivity contribution >= 4 is 29.9 Å². The van der Waals surface area contributed by atoms with E-state index in [1.807, 2.05) is 0 Å². The van der Waals surface area contributed by atoms with Gasteiger partial charge in [0.25, 0.3) is 0 Å². The normalized spacial score (nSPS) is 19.4. The maximum Gasteiger partial charge on any atom is 0.191 e. The standard InChI is InChI=1S/C24H41N5O2.HI/c1-4-25-24(27-18-23(20(2)3)29-10-14-31-15-11-29)26-17-21-6-5-7-22(16-21)19-28-8-12-30-13-9-28;/h5-7,16,20,23H,4,8-15,17-19H2,1-3H3,(H2,25,26,27);1H. The molecule has 2 aliphatic heterocycles. The maximum absolute atomic E-state index is 5.53. The third-order valence-electron chi connectivity index (χ3n) is 6.03. The van der Waals surface area contributed by atoms with Crippen LogP contribution in [0.2, 0.25) is 0 Å². The van der Waals surface area contributed by atoms with E-state index in [-0.39, 0.29) is 24.0 Å². The molecule has 0 amide bonds. The summed E-state index contributed by atoms with van der Waals surface area (Å²) in [7, 11) is 0. The van der Waals surface area contributed by atoms with E-state index >= 15 is 0 Å². The predicted octanol–water partition coefficient (Wildman–Crippen LogP) is 2.55. The molecule has 0 saturated carbocycles. The lowest BCUT2D eigenvalue weighted by molar-refractivity contribution is 0.00752. The lowest BCUT2D eigenvalue weighted by Crippen LogP contribution is -2.52. The largest absolute Gasteiger partial charge is 0.379 e. The summed E-state index contributed by atoms with van der Waals surface area (Å²) in [5.74, 6) is 1.46. The summed E-state index contributed by atoms with van der Waals surface area (Å²) in [5, 5.41) is 6.99. The van der Waals surface area contributed by atoms with Crippen molar-refractivity contribution in [3.63, 3.8) is 0 Å². The Morgan fingerprint density at radius 3 is 2.31 bits per heavy atom. The molecule has 0 bridgehead atoms. The monoisotopic (exact) mass is 559 g/mol. The average molecular weight is 560 g/mol. The van der Waals surface area contributed by atoms with Gasteiger partial charge < -0.3 is 20.1 Å². The van der Waals surface area contributed by atoms with Crippen molar-refractivity contribution in [2.75, 3.05) is 65.7 Å². The quantitative estimate of drug-likeness (QED) is 0.276. The van der Waals surface area contributed by atoms with Gasteiger partial charge >= 0.3 is 0 Å². The van der Waals surface area contributed by atoms with Gasteiger partial charge in [-0.25, -0.2) is 4.99 Å². The van der Waals surface area contributed by atoms with Crippen LogP contribution < -0.4 is 10.6 Å². The van der Waals surface area contributed by atoms with Crippen molar-refractivity contribution < 1.29 is 9.47 Å². The van der Waals surface area contributed by atoms with Crippen LogP contribution in [-0.2, 0) is 22.6 Å². The van der Waals surface area contributed by atoms with E-state index in [1.165, 1.54) is 11.1 Å². The molecule has 2 heterocycles. The molecule has 2 fully saturated rings. The highest BCUT2D eigenvalue weighted by Gasteiger charge is 2.23. The van der Waals surface area contributed by atoms with Crippen molar-refractivity contribution in [3.05, 3.63) is 35.4 Å². The van der Waals surface area contributed by atoms with Gasteiger partial charge in [-0.15, -0.1) is 24.0 Å². The van der Waals surface area contributed by atoms with Crippen molar-refractivity contribution in [1.82, 2.24) is 20.4 Å². The van der Waals surface area contributed by atoms with Gasteiger partial charge in [0.1, 0.15) is 0 Å². The van der Waals surface area contributed by atoms with Gasteiger partial charge in [0.05, 0.1) is 33.0 Å². The number of ether oxygens (including phenoxy) is 2. The molecular weight excluding hydrogens is 517 g/mol. The molecule has 1 atom stereocenters. The van der Waals surface area contributed by atoms with E-state index in [1.54, 1.807) is 0 Å². The lowest BCUT2D eigenvalue weighted by atomic mass is 10.0. The number of rotatable bonds is 9. The van der Waals surface area contributed by atoms with Crippen LogP contribution in [0.4, 0.5) is 0 Å². The van der Waals surface area contributed by atoms with Gasteiger partial charge in [0.15, 0.2) is 5.96 Å². The Hall–Kier alpha value is -0.940. The number of nitrogens with zero attached hydrogens (tertiary/aromatic N) is 3. The molecule has 2 aliphatic rings. The molecule has 0 radical (unpaired) electrons. The highest BCUT2D eigenvalue weighted by molar-refractivity contribution is 14.0. The van der Waals surface area contributed by atoms with E-state index in [4.69, 9.17) is 14.5 Å². The van der Waals surface area contributed by atoms with Crippen molar-refractivity contribution in [3.8, 4) is 0 Å². The zero-order chi connectivity index (χ0) is 21.9. The average Bonchev–Trinajstić information content (AvgIpc) is 2.79. The van der Waals surface area contributed by atoms with Gasteiger partial charge in [-0.1, -0.05) is 38.1 Å². The van der Waals surface area contributed by atoms with Gasteiger partial charge in [-0.3, -0.25) is 9.80 Å². The molecule has 2 saturated heterocycles. The number of guanidine groups is 1. The molecule has 1 aromatic carbocycles. The summed E-state index contributed by atoms with van der Waals surface area (Å²) in [6.45, 7) is 17.5. The van der Waals surface area contributed by atoms with Gasteiger partial charge in [-0.2, -0.15) is 0 Å². The number of benzene rings is 1. The number of nitrogens with one attached hydrogen (secondary N) is 2. The molecule has 1 aromatic rings. The van der Waals surface area contributed by atoms with Gasteiger partial charge in [0, 0.05) is 51.9 Å². The number of halogens is 1. The van der Waals surface area contributed by atoms with Crippen LogP contribution >= 0.6 is 24.0 Å². The number of morpholine rings is 2. The summed E-state index contributed by atoms with van der Waals surface area (Å²) in [4.78, 5) is 9.86. The molecule has 8 heteroatoms. The van der Waals surface area contributed by atoms with Gasteiger partial charge in [-0.05, 0) is 24.0 Å². The highest BCUT2D eigenvalue weighted by Crippen LogP contribution is 2.13. The number of hydrogen-bond acceptors (Lipinski definition) is 5. The van der Waals surface area contributed by atoms with Crippen molar-refractivity contribution in [2.24, 2.45) is 10.9 Å². The predicted molar refractivity (Wildman–Crippen MR) is 142 cm³/mol. The fourth-order valence-corrected chi connectivity index (χ4v) is 4.25. The Balaban J connectivity index is 0.00000363. The van der Waals surface area contributed by atoms with E-state index in [2.05, 4.69) is 65.5 Å². The summed E-state index contributed by atoms with van der Waals surface area (Å²) >= 11 is 0. The first-order valence-corrected chi connectivity index (χ1v) is 11.9. The lowest BCUT2D eigenvalue weighted by Gasteiger charge is -2.37. The van der Waals surface area contributed by atoms with Crippen LogP contribution in [0.15, 0.2) is 29.3 Å². The van der Waals surface area contributed by atoms with E-state index in [0.29, 0.717) is 18.5 Å². The van der Waals surface area contributed by atoms with Crippen LogP contribution in [0.25, 0.3) is 0 Å². The topological polar surface area (TPSA) is 61.4 Å². The smallest absolute Gasteiger partial charge is 0.191 e. The fourth-order valence-electron chi connectivity index (χ4n) is 4.25. The van der Waals surface area contributed by atoms with Crippen LogP contribution in [0.1, 0.15) is 31.9 Å². The SMILES string of the molecule is CCNC(=NCc1cccc(CN2CCOCC2)c1)NCC(C(C)C)N1CCOCC1.I. The van der Waals surface area contributed by atoms with Crippen LogP contribution in [0, 0.1) is 5.92 Å². The van der Waals surface area contributed by atoms with E-state index < -0.39 is 0 Å². The molecular formula is C24H42IN5O2. The first kappa shape index (κ1) is 27.3. The second-order valence-electron chi connectivity index (χ2n) is 8.74. The zero-order valence-electron chi connectivity index (χ0n) is 20.0. The first-order valence-electron chi connectivity index (χ1n) is 11.9. The third kappa shape index (κ3) is 9.13. The Kier molecular flexibility index (Phi) is 12.8. The van der Waals surface area contributed by atoms with Gasteiger partial charge in [0.2, 0.25) is 0 Å². The van der Waals surface area contributed by atoms with Crippen molar-refractivity contribution in [2.45, 2.75) is 39.9 Å². The number of hydrogen-bond donors (Lipinski definition) is 2. The molecule has 32 heavy (non-hydrogen) atoms. The third-order valence-corrected chi connectivity index (χ3v) is 6.03. The Bertz CT molecular complexity index is 676. The summed E-state index contributed by atoms with van der Waals surface area (Å²) in [6, 6.07) is 9.29.